The molecule has 120 valence electrons. The summed E-state index contributed by atoms with van der Waals surface area (Å²) in [7, 11) is 0. The fourth-order valence-electron chi connectivity index (χ4n) is 2.67. The van der Waals surface area contributed by atoms with E-state index in [1.165, 1.54) is 0 Å². The zero-order chi connectivity index (χ0) is 16.4. The Morgan fingerprint density at radius 1 is 1.43 bits per heavy atom. The largest absolute Gasteiger partial charge is 0.381 e. The van der Waals surface area contributed by atoms with E-state index in [1.807, 2.05) is 37.3 Å². The normalized spacial score (nSPS) is 15.9. The van der Waals surface area contributed by atoms with Crippen molar-refractivity contribution in [3.63, 3.8) is 0 Å². The second-order valence-corrected chi connectivity index (χ2v) is 6.77. The van der Waals surface area contributed by atoms with Gasteiger partial charge < -0.3 is 15.3 Å². The highest BCUT2D eigenvalue weighted by Gasteiger charge is 2.45. The van der Waals surface area contributed by atoms with Crippen LogP contribution >= 0.6 is 15.9 Å². The Balaban J connectivity index is 1.56. The van der Waals surface area contributed by atoms with Crippen molar-refractivity contribution in [3.05, 3.63) is 63.9 Å². The third kappa shape index (κ3) is 3.38. The van der Waals surface area contributed by atoms with Crippen LogP contribution in [0.25, 0.3) is 0 Å². The molecule has 1 aliphatic heterocycles. The van der Waals surface area contributed by atoms with Crippen LogP contribution in [0.1, 0.15) is 16.7 Å². The maximum atomic E-state index is 12.2. The van der Waals surface area contributed by atoms with E-state index in [1.54, 1.807) is 17.3 Å². The predicted octanol–water partition coefficient (Wildman–Crippen LogP) is 2.57. The lowest BCUT2D eigenvalue weighted by Gasteiger charge is -2.46. The van der Waals surface area contributed by atoms with Gasteiger partial charge in [-0.05, 0) is 41.8 Å². The Morgan fingerprint density at radius 3 is 2.91 bits per heavy atom. The first kappa shape index (κ1) is 16.0. The Morgan fingerprint density at radius 2 is 2.22 bits per heavy atom. The van der Waals surface area contributed by atoms with Crippen LogP contribution in [-0.4, -0.2) is 34.1 Å². The van der Waals surface area contributed by atoms with Crippen LogP contribution < -0.4 is 5.32 Å². The summed E-state index contributed by atoms with van der Waals surface area (Å²) in [6.07, 6.45) is 3.49. The van der Waals surface area contributed by atoms with Crippen molar-refractivity contribution in [3.8, 4) is 0 Å². The van der Waals surface area contributed by atoms with Crippen molar-refractivity contribution < 1.29 is 9.90 Å². The van der Waals surface area contributed by atoms with Crippen molar-refractivity contribution in [2.45, 2.75) is 19.1 Å². The number of aromatic nitrogens is 1. The summed E-state index contributed by atoms with van der Waals surface area (Å²) in [5.74, 6) is 0. The molecule has 0 saturated carbocycles. The Bertz CT molecular complexity index is 729. The molecule has 2 aromatic rings. The number of hydrogen-bond acceptors (Lipinski definition) is 3. The Kier molecular flexibility index (Phi) is 4.37. The quantitative estimate of drug-likeness (QED) is 0.866. The molecule has 0 atom stereocenters. The van der Waals surface area contributed by atoms with Crippen LogP contribution in [0, 0.1) is 6.92 Å². The second kappa shape index (κ2) is 6.29. The molecule has 1 aromatic carbocycles. The molecule has 0 aliphatic carbocycles. The lowest BCUT2D eigenvalue weighted by Crippen LogP contribution is -2.63. The van der Waals surface area contributed by atoms with Crippen molar-refractivity contribution in [1.29, 1.82) is 0 Å². The minimum atomic E-state index is -0.965. The number of β-amino-alcohol motifs (C(OH)–C–C–N with tert-alkyl or cyclic N) is 1. The van der Waals surface area contributed by atoms with E-state index in [0.29, 0.717) is 19.6 Å². The molecule has 2 amide bonds. The summed E-state index contributed by atoms with van der Waals surface area (Å²) < 4.78 is 0.916. The third-order valence-corrected chi connectivity index (χ3v) is 4.61. The maximum absolute atomic E-state index is 12.2. The average molecular weight is 376 g/mol. The number of halogens is 1. The molecule has 0 spiro atoms. The van der Waals surface area contributed by atoms with Crippen LogP contribution in [0.5, 0.6) is 0 Å². The highest BCUT2D eigenvalue weighted by atomic mass is 79.9. The molecule has 23 heavy (non-hydrogen) atoms. The summed E-state index contributed by atoms with van der Waals surface area (Å²) in [5.41, 5.74) is 1.94. The number of amides is 2. The highest BCUT2D eigenvalue weighted by molar-refractivity contribution is 9.10. The first-order valence-electron chi connectivity index (χ1n) is 7.39. The second-order valence-electron chi connectivity index (χ2n) is 5.86. The number of aryl methyl sites for hydroxylation is 1. The number of likely N-dealkylation sites (tertiary alicyclic amines) is 1. The van der Waals surface area contributed by atoms with Gasteiger partial charge in [-0.15, -0.1) is 0 Å². The van der Waals surface area contributed by atoms with Crippen LogP contribution in [0.2, 0.25) is 0 Å². The van der Waals surface area contributed by atoms with Gasteiger partial charge in [0.1, 0.15) is 5.60 Å². The molecule has 6 heteroatoms. The van der Waals surface area contributed by atoms with Crippen molar-refractivity contribution >= 4 is 22.0 Å². The van der Waals surface area contributed by atoms with E-state index >= 15 is 0 Å². The van der Waals surface area contributed by atoms with E-state index in [2.05, 4.69) is 26.2 Å². The standard InChI is InChI=1S/C17H18BrN3O2/c1-12-8-19-6-5-13(12)9-20-16(22)21-10-17(23,11-21)14-3-2-4-15(18)7-14/h2-8,23H,9-11H2,1H3,(H,20,22). The molecule has 0 unspecified atom stereocenters. The molecule has 2 heterocycles. The average Bonchev–Trinajstić information content (AvgIpc) is 2.51. The van der Waals surface area contributed by atoms with E-state index < -0.39 is 5.60 Å². The highest BCUT2D eigenvalue weighted by Crippen LogP contribution is 2.33. The minimum Gasteiger partial charge on any atom is -0.381 e. The summed E-state index contributed by atoms with van der Waals surface area (Å²) in [5, 5.41) is 13.5. The van der Waals surface area contributed by atoms with Gasteiger partial charge in [0.05, 0.1) is 13.1 Å². The van der Waals surface area contributed by atoms with Crippen molar-refractivity contribution in [2.75, 3.05) is 13.1 Å². The molecular weight excluding hydrogens is 358 g/mol. The molecule has 0 radical (unpaired) electrons. The fourth-order valence-corrected chi connectivity index (χ4v) is 3.07. The van der Waals surface area contributed by atoms with Crippen LogP contribution in [0.3, 0.4) is 0 Å². The van der Waals surface area contributed by atoms with Gasteiger partial charge in [0.2, 0.25) is 0 Å². The molecule has 2 N–H and O–H groups in total. The topological polar surface area (TPSA) is 65.5 Å². The van der Waals surface area contributed by atoms with E-state index in [-0.39, 0.29) is 6.03 Å². The van der Waals surface area contributed by atoms with Crippen molar-refractivity contribution in [2.24, 2.45) is 0 Å². The minimum absolute atomic E-state index is 0.166. The van der Waals surface area contributed by atoms with Gasteiger partial charge >= 0.3 is 6.03 Å². The summed E-state index contributed by atoms with van der Waals surface area (Å²) in [6.45, 7) is 3.01. The maximum Gasteiger partial charge on any atom is 0.317 e. The Hall–Kier alpha value is -1.92. The molecule has 0 bridgehead atoms. The number of nitrogens with one attached hydrogen (secondary N) is 1. The molecule has 1 aromatic heterocycles. The number of nitrogens with zero attached hydrogens (tertiary/aromatic N) is 2. The number of carbonyl (C=O) groups is 1. The summed E-state index contributed by atoms with van der Waals surface area (Å²) in [4.78, 5) is 17.8. The van der Waals surface area contributed by atoms with Gasteiger partial charge in [0, 0.05) is 23.4 Å². The third-order valence-electron chi connectivity index (χ3n) is 4.12. The number of pyridine rings is 1. The zero-order valence-corrected chi connectivity index (χ0v) is 14.4. The molecular formula is C17H18BrN3O2. The van der Waals surface area contributed by atoms with Gasteiger partial charge in [-0.3, -0.25) is 4.98 Å². The van der Waals surface area contributed by atoms with E-state index in [9.17, 15) is 9.90 Å². The van der Waals surface area contributed by atoms with Crippen LogP contribution in [0.4, 0.5) is 4.79 Å². The number of carbonyl (C=O) groups excluding carboxylic acids is 1. The van der Waals surface area contributed by atoms with Crippen LogP contribution in [-0.2, 0) is 12.1 Å². The number of rotatable bonds is 3. The van der Waals surface area contributed by atoms with Gasteiger partial charge in [-0.2, -0.15) is 0 Å². The summed E-state index contributed by atoms with van der Waals surface area (Å²) >= 11 is 3.40. The first-order chi connectivity index (χ1) is 11.0. The monoisotopic (exact) mass is 375 g/mol. The molecule has 1 aliphatic rings. The van der Waals surface area contributed by atoms with Gasteiger partial charge in [0.15, 0.2) is 0 Å². The number of hydrogen-bond donors (Lipinski definition) is 2. The van der Waals surface area contributed by atoms with Gasteiger partial charge in [0.25, 0.3) is 0 Å². The first-order valence-corrected chi connectivity index (χ1v) is 8.18. The number of urea groups is 1. The lowest BCUT2D eigenvalue weighted by molar-refractivity contribution is -0.0816. The smallest absolute Gasteiger partial charge is 0.317 e. The van der Waals surface area contributed by atoms with Crippen LogP contribution in [0.15, 0.2) is 47.2 Å². The molecule has 1 saturated heterocycles. The number of benzene rings is 1. The SMILES string of the molecule is Cc1cnccc1CNC(=O)N1CC(O)(c2cccc(Br)c2)C1. The lowest BCUT2D eigenvalue weighted by atomic mass is 9.86. The fraction of sp³-hybridized carbons (Fsp3) is 0.294. The predicted molar refractivity (Wildman–Crippen MR) is 90.8 cm³/mol. The Labute approximate surface area is 143 Å². The van der Waals surface area contributed by atoms with Gasteiger partial charge in [-0.25, -0.2) is 4.79 Å². The molecule has 3 rings (SSSR count). The van der Waals surface area contributed by atoms with Gasteiger partial charge in [-0.1, -0.05) is 28.1 Å². The summed E-state index contributed by atoms with van der Waals surface area (Å²) in [6, 6.07) is 9.28. The van der Waals surface area contributed by atoms with E-state index in [4.69, 9.17) is 0 Å². The zero-order valence-electron chi connectivity index (χ0n) is 12.8. The van der Waals surface area contributed by atoms with E-state index in [0.717, 1.165) is 21.2 Å². The number of aliphatic hydroxyl groups is 1. The molecule has 1 fully saturated rings. The van der Waals surface area contributed by atoms with Crippen molar-refractivity contribution in [1.82, 2.24) is 15.2 Å². The molecule has 5 nitrogen and oxygen atoms in total.